The van der Waals surface area contributed by atoms with Gasteiger partial charge in [0, 0.05) is 55.2 Å². The second kappa shape index (κ2) is 6.83. The van der Waals surface area contributed by atoms with Crippen LogP contribution in [0.4, 0.5) is 5.69 Å². The highest BCUT2D eigenvalue weighted by Crippen LogP contribution is 2.30. The molecule has 1 aromatic carbocycles. The highest BCUT2D eigenvalue weighted by molar-refractivity contribution is 5.94. The number of amides is 1. The van der Waals surface area contributed by atoms with Gasteiger partial charge in [-0.2, -0.15) is 0 Å². The second-order valence-electron chi connectivity index (χ2n) is 7.13. The van der Waals surface area contributed by atoms with E-state index in [-0.39, 0.29) is 11.9 Å². The Morgan fingerprint density at radius 1 is 1.23 bits per heavy atom. The summed E-state index contributed by atoms with van der Waals surface area (Å²) in [6, 6.07) is 14.0. The van der Waals surface area contributed by atoms with Crippen molar-refractivity contribution < 1.29 is 4.79 Å². The molecule has 1 amide bonds. The van der Waals surface area contributed by atoms with Crippen LogP contribution in [-0.2, 0) is 0 Å². The molecule has 2 unspecified atom stereocenters. The number of hydrogen-bond acceptors (Lipinski definition) is 3. The number of carbonyl (C=O) groups excluding carboxylic acids is 1. The van der Waals surface area contributed by atoms with Gasteiger partial charge >= 0.3 is 0 Å². The number of rotatable bonds is 3. The van der Waals surface area contributed by atoms with Gasteiger partial charge in [-0.15, -0.1) is 0 Å². The number of aromatic nitrogens is 2. The first-order valence-electron chi connectivity index (χ1n) is 9.14. The highest BCUT2D eigenvalue weighted by atomic mass is 16.2. The summed E-state index contributed by atoms with van der Waals surface area (Å²) in [6.45, 7) is 3.83. The van der Waals surface area contributed by atoms with E-state index in [2.05, 4.69) is 41.0 Å². The number of pyridine rings is 1. The Bertz CT molecular complexity index is 905. The number of benzene rings is 1. The normalized spacial score (nSPS) is 20.3. The third-order valence-electron chi connectivity index (χ3n) is 5.54. The number of H-pyrrole nitrogens is 1. The fraction of sp³-hybridized carbons (Fsp3) is 0.333. The summed E-state index contributed by atoms with van der Waals surface area (Å²) in [5, 5.41) is 1.12. The van der Waals surface area contributed by atoms with Crippen molar-refractivity contribution in [3.8, 4) is 0 Å². The summed E-state index contributed by atoms with van der Waals surface area (Å²) in [5.74, 6) is 0.638. The van der Waals surface area contributed by atoms with Crippen LogP contribution in [0.25, 0.3) is 11.0 Å². The van der Waals surface area contributed by atoms with Crippen molar-refractivity contribution in [2.75, 3.05) is 25.0 Å². The monoisotopic (exact) mass is 348 g/mol. The topological polar surface area (TPSA) is 52.2 Å². The maximum atomic E-state index is 12.9. The molecule has 4 rings (SSSR count). The number of anilines is 1. The Balaban J connectivity index is 1.59. The average molecular weight is 348 g/mol. The SMILES string of the molecule is CC1CCN(C(=O)c2ccccc2)CC1N(C)c1ccnc2[nH]ccc12. The van der Waals surface area contributed by atoms with Gasteiger partial charge in [0.1, 0.15) is 5.65 Å². The van der Waals surface area contributed by atoms with Crippen LogP contribution in [0.1, 0.15) is 23.7 Å². The fourth-order valence-corrected chi connectivity index (χ4v) is 3.93. The van der Waals surface area contributed by atoms with E-state index < -0.39 is 0 Å². The zero-order valence-corrected chi connectivity index (χ0v) is 15.2. The minimum Gasteiger partial charge on any atom is -0.369 e. The van der Waals surface area contributed by atoms with Crippen LogP contribution < -0.4 is 4.90 Å². The molecule has 5 nitrogen and oxygen atoms in total. The van der Waals surface area contributed by atoms with E-state index in [0.29, 0.717) is 5.92 Å². The number of nitrogens with one attached hydrogen (secondary N) is 1. The average Bonchev–Trinajstić information content (AvgIpc) is 3.17. The maximum absolute atomic E-state index is 12.9. The van der Waals surface area contributed by atoms with Crippen LogP contribution in [0.2, 0.25) is 0 Å². The van der Waals surface area contributed by atoms with Crippen molar-refractivity contribution in [3.05, 3.63) is 60.4 Å². The molecular weight excluding hydrogens is 324 g/mol. The Morgan fingerprint density at radius 3 is 2.85 bits per heavy atom. The van der Waals surface area contributed by atoms with Crippen molar-refractivity contribution in [1.82, 2.24) is 14.9 Å². The molecule has 2 aromatic heterocycles. The van der Waals surface area contributed by atoms with Gasteiger partial charge in [-0.25, -0.2) is 4.98 Å². The predicted octanol–water partition coefficient (Wildman–Crippen LogP) is 3.55. The molecule has 1 N–H and O–H groups in total. The minimum atomic E-state index is 0.123. The zero-order valence-electron chi connectivity index (χ0n) is 15.2. The van der Waals surface area contributed by atoms with Crippen molar-refractivity contribution in [2.24, 2.45) is 5.92 Å². The van der Waals surface area contributed by atoms with Gasteiger partial charge in [-0.3, -0.25) is 4.79 Å². The van der Waals surface area contributed by atoms with Crippen LogP contribution in [0, 0.1) is 5.92 Å². The van der Waals surface area contributed by atoms with Gasteiger partial charge in [0.05, 0.1) is 0 Å². The van der Waals surface area contributed by atoms with Gasteiger partial charge in [-0.05, 0) is 36.6 Å². The summed E-state index contributed by atoms with van der Waals surface area (Å²) in [5.41, 5.74) is 2.82. The Labute approximate surface area is 153 Å². The summed E-state index contributed by atoms with van der Waals surface area (Å²) in [7, 11) is 2.12. The van der Waals surface area contributed by atoms with Crippen LogP contribution in [-0.4, -0.2) is 47.0 Å². The molecule has 1 saturated heterocycles. The Morgan fingerprint density at radius 2 is 2.04 bits per heavy atom. The number of fused-ring (bicyclic) bond motifs is 1. The second-order valence-corrected chi connectivity index (χ2v) is 7.13. The van der Waals surface area contributed by atoms with E-state index in [1.165, 1.54) is 0 Å². The van der Waals surface area contributed by atoms with Crippen molar-refractivity contribution in [1.29, 1.82) is 0 Å². The predicted molar refractivity (Wildman–Crippen MR) is 104 cm³/mol. The van der Waals surface area contributed by atoms with Crippen LogP contribution in [0.5, 0.6) is 0 Å². The lowest BCUT2D eigenvalue weighted by Crippen LogP contribution is -2.52. The number of hydrogen-bond donors (Lipinski definition) is 1. The molecule has 134 valence electrons. The van der Waals surface area contributed by atoms with Gasteiger partial charge in [0.2, 0.25) is 0 Å². The molecule has 2 atom stereocenters. The molecule has 0 spiro atoms. The molecule has 1 fully saturated rings. The standard InChI is InChI=1S/C21H24N4O/c1-15-10-13-25(21(26)16-6-4-3-5-7-16)14-19(15)24(2)18-9-12-23-20-17(18)8-11-22-20/h3-9,11-12,15,19H,10,13-14H2,1-2H3,(H,22,23). The number of nitrogens with zero attached hydrogens (tertiary/aromatic N) is 3. The van der Waals surface area contributed by atoms with Gasteiger partial charge in [0.15, 0.2) is 0 Å². The molecule has 1 aliphatic heterocycles. The van der Waals surface area contributed by atoms with E-state index in [9.17, 15) is 4.79 Å². The molecular formula is C21H24N4O. The van der Waals surface area contributed by atoms with Gasteiger partial charge < -0.3 is 14.8 Å². The lowest BCUT2D eigenvalue weighted by molar-refractivity contribution is 0.0670. The quantitative estimate of drug-likeness (QED) is 0.787. The van der Waals surface area contributed by atoms with Gasteiger partial charge in [0.25, 0.3) is 5.91 Å². The summed E-state index contributed by atoms with van der Waals surface area (Å²) in [6.07, 6.45) is 4.77. The summed E-state index contributed by atoms with van der Waals surface area (Å²) < 4.78 is 0. The van der Waals surface area contributed by atoms with E-state index in [4.69, 9.17) is 0 Å². The molecule has 26 heavy (non-hydrogen) atoms. The Hall–Kier alpha value is -2.82. The molecule has 0 bridgehead atoms. The molecule has 3 aromatic rings. The molecule has 5 heteroatoms. The number of carbonyl (C=O) groups is 1. The molecule has 0 radical (unpaired) electrons. The van der Waals surface area contributed by atoms with E-state index in [1.54, 1.807) is 0 Å². The number of likely N-dealkylation sites (N-methyl/N-ethyl adjacent to an activating group) is 1. The van der Waals surface area contributed by atoms with E-state index in [1.807, 2.05) is 47.6 Å². The van der Waals surface area contributed by atoms with Crippen molar-refractivity contribution >= 4 is 22.6 Å². The number of piperidine rings is 1. The third kappa shape index (κ3) is 2.94. The number of aromatic amines is 1. The Kier molecular flexibility index (Phi) is 4.37. The molecule has 0 saturated carbocycles. The van der Waals surface area contributed by atoms with Crippen molar-refractivity contribution in [2.45, 2.75) is 19.4 Å². The minimum absolute atomic E-state index is 0.123. The van der Waals surface area contributed by atoms with Crippen LogP contribution in [0.15, 0.2) is 54.9 Å². The lowest BCUT2D eigenvalue weighted by Gasteiger charge is -2.42. The number of likely N-dealkylation sites (tertiary alicyclic amines) is 1. The van der Waals surface area contributed by atoms with E-state index in [0.717, 1.165) is 41.8 Å². The first-order valence-corrected chi connectivity index (χ1v) is 9.14. The maximum Gasteiger partial charge on any atom is 0.253 e. The highest BCUT2D eigenvalue weighted by Gasteiger charge is 2.32. The van der Waals surface area contributed by atoms with Crippen LogP contribution in [0.3, 0.4) is 0 Å². The smallest absolute Gasteiger partial charge is 0.253 e. The molecule has 0 aliphatic carbocycles. The molecule has 1 aliphatic rings. The van der Waals surface area contributed by atoms with Gasteiger partial charge in [-0.1, -0.05) is 25.1 Å². The van der Waals surface area contributed by atoms with Crippen LogP contribution >= 0.6 is 0 Å². The largest absolute Gasteiger partial charge is 0.369 e. The zero-order chi connectivity index (χ0) is 18.1. The fourth-order valence-electron chi connectivity index (χ4n) is 3.93. The molecule has 3 heterocycles. The first-order chi connectivity index (χ1) is 12.6. The van der Waals surface area contributed by atoms with E-state index >= 15 is 0 Å². The summed E-state index contributed by atoms with van der Waals surface area (Å²) in [4.78, 5) is 24.7. The lowest BCUT2D eigenvalue weighted by atomic mass is 9.91. The summed E-state index contributed by atoms with van der Waals surface area (Å²) >= 11 is 0. The third-order valence-corrected chi connectivity index (χ3v) is 5.54. The van der Waals surface area contributed by atoms with Crippen molar-refractivity contribution in [3.63, 3.8) is 0 Å². The first kappa shape index (κ1) is 16.6.